The molecule has 1 aliphatic heterocycles. The molecule has 0 bridgehead atoms. The number of benzene rings is 2. The molecule has 0 unspecified atom stereocenters. The third-order valence-electron chi connectivity index (χ3n) is 5.08. The molecule has 0 aliphatic carbocycles. The molecule has 1 aliphatic rings. The summed E-state index contributed by atoms with van der Waals surface area (Å²) in [7, 11) is 0. The summed E-state index contributed by atoms with van der Waals surface area (Å²) in [5, 5.41) is 2.84. The van der Waals surface area contributed by atoms with Crippen LogP contribution in [0.4, 0.5) is 10.5 Å². The van der Waals surface area contributed by atoms with Gasteiger partial charge in [0.15, 0.2) is 18.2 Å². The van der Waals surface area contributed by atoms with Gasteiger partial charge in [-0.2, -0.15) is 0 Å². The molecule has 1 fully saturated rings. The van der Waals surface area contributed by atoms with Crippen LogP contribution < -0.4 is 19.7 Å². The van der Waals surface area contributed by atoms with Crippen molar-refractivity contribution in [2.45, 2.75) is 20.8 Å². The molecule has 0 aromatic heterocycles. The minimum Gasteiger partial charge on any atom is -0.490 e. The fraction of sp³-hybridized carbons (Fsp3) is 0.409. The first-order valence-corrected chi connectivity index (χ1v) is 9.78. The molecule has 158 valence electrons. The molecule has 0 radical (unpaired) electrons. The molecule has 2 aromatic rings. The lowest BCUT2D eigenvalue weighted by atomic mass is 10.1. The van der Waals surface area contributed by atoms with Gasteiger partial charge in [-0.15, -0.1) is 12.4 Å². The van der Waals surface area contributed by atoms with E-state index in [1.54, 1.807) is 0 Å². The van der Waals surface area contributed by atoms with E-state index < -0.39 is 0 Å². The van der Waals surface area contributed by atoms with Gasteiger partial charge in [-0.3, -0.25) is 0 Å². The van der Waals surface area contributed by atoms with Crippen LogP contribution in [0.5, 0.6) is 11.5 Å². The van der Waals surface area contributed by atoms with Gasteiger partial charge in [0.05, 0.1) is 6.61 Å². The van der Waals surface area contributed by atoms with Crippen molar-refractivity contribution >= 4 is 24.1 Å². The van der Waals surface area contributed by atoms with Gasteiger partial charge >= 0.3 is 6.03 Å². The quantitative estimate of drug-likeness (QED) is 0.719. The van der Waals surface area contributed by atoms with Crippen LogP contribution in [0.3, 0.4) is 0 Å². The first-order chi connectivity index (χ1) is 13.6. The Morgan fingerprint density at radius 1 is 0.966 bits per heavy atom. The minimum absolute atomic E-state index is 0. The zero-order chi connectivity index (χ0) is 19.9. The van der Waals surface area contributed by atoms with E-state index in [9.17, 15) is 4.79 Å². The molecule has 3 rings (SSSR count). The number of hydrogen-bond acceptors (Lipinski definition) is 4. The first-order valence-electron chi connectivity index (χ1n) is 9.78. The van der Waals surface area contributed by atoms with E-state index in [1.165, 1.54) is 16.8 Å². The molecule has 1 heterocycles. The summed E-state index contributed by atoms with van der Waals surface area (Å²) in [6.07, 6.45) is 0. The smallest absolute Gasteiger partial charge is 0.320 e. The molecule has 0 saturated carbocycles. The maximum atomic E-state index is 12.4. The van der Waals surface area contributed by atoms with Crippen LogP contribution in [-0.2, 0) is 0 Å². The van der Waals surface area contributed by atoms with Gasteiger partial charge in [0, 0.05) is 31.9 Å². The van der Waals surface area contributed by atoms with Crippen molar-refractivity contribution in [2.75, 3.05) is 44.4 Å². The van der Waals surface area contributed by atoms with Crippen LogP contribution in [0.25, 0.3) is 0 Å². The van der Waals surface area contributed by atoms with Crippen molar-refractivity contribution in [3.05, 3.63) is 53.6 Å². The van der Waals surface area contributed by atoms with E-state index in [2.05, 4.69) is 42.3 Å². The molecule has 0 spiro atoms. The van der Waals surface area contributed by atoms with Crippen molar-refractivity contribution in [1.29, 1.82) is 0 Å². The molecule has 0 atom stereocenters. The van der Waals surface area contributed by atoms with E-state index in [1.807, 2.05) is 36.1 Å². The summed E-state index contributed by atoms with van der Waals surface area (Å²) in [4.78, 5) is 16.6. The molecule has 1 N–H and O–H groups in total. The zero-order valence-corrected chi connectivity index (χ0v) is 18.1. The molecule has 7 heteroatoms. The maximum absolute atomic E-state index is 12.4. The normalized spacial score (nSPS) is 13.5. The average Bonchev–Trinajstić information content (AvgIpc) is 2.71. The minimum atomic E-state index is -0.102. The van der Waals surface area contributed by atoms with Gasteiger partial charge in [-0.05, 0) is 50.1 Å². The standard InChI is InChI=1S/C22H29N3O3.ClH/c1-4-27-20-10-5-6-11-21(20)28-16-23-22(26)25-14-12-24(13-15-25)19-9-7-8-17(2)18(19)3;/h5-11H,4,12-16H2,1-3H3,(H,23,26);1H. The highest BCUT2D eigenvalue weighted by atomic mass is 35.5. The van der Waals surface area contributed by atoms with Crippen LogP contribution >= 0.6 is 12.4 Å². The topological polar surface area (TPSA) is 54.0 Å². The predicted molar refractivity (Wildman–Crippen MR) is 119 cm³/mol. The van der Waals surface area contributed by atoms with Crippen molar-refractivity contribution < 1.29 is 14.3 Å². The van der Waals surface area contributed by atoms with Gasteiger partial charge in [0.25, 0.3) is 0 Å². The lowest BCUT2D eigenvalue weighted by molar-refractivity contribution is 0.180. The number of para-hydroxylation sites is 2. The second-order valence-corrected chi connectivity index (χ2v) is 6.84. The second kappa shape index (κ2) is 10.8. The number of rotatable bonds is 6. The number of anilines is 1. The SMILES string of the molecule is CCOc1ccccc1OCNC(=O)N1CCN(c2cccc(C)c2C)CC1.Cl. The second-order valence-electron chi connectivity index (χ2n) is 6.84. The van der Waals surface area contributed by atoms with Gasteiger partial charge in [-0.25, -0.2) is 4.79 Å². The Morgan fingerprint density at radius 2 is 1.62 bits per heavy atom. The number of nitrogens with one attached hydrogen (secondary N) is 1. The monoisotopic (exact) mass is 419 g/mol. The number of piperazine rings is 1. The number of carbonyl (C=O) groups excluding carboxylic acids is 1. The van der Waals surface area contributed by atoms with Crippen molar-refractivity contribution in [3.8, 4) is 11.5 Å². The Kier molecular flexibility index (Phi) is 8.46. The summed E-state index contributed by atoms with van der Waals surface area (Å²) in [6, 6.07) is 13.7. The van der Waals surface area contributed by atoms with Gasteiger partial charge in [0.1, 0.15) is 0 Å². The number of urea groups is 1. The Hall–Kier alpha value is -2.60. The zero-order valence-electron chi connectivity index (χ0n) is 17.3. The summed E-state index contributed by atoms with van der Waals surface area (Å²) < 4.78 is 11.2. The van der Waals surface area contributed by atoms with Gasteiger partial charge in [0.2, 0.25) is 0 Å². The van der Waals surface area contributed by atoms with Crippen LogP contribution in [-0.4, -0.2) is 50.4 Å². The number of carbonyl (C=O) groups is 1. The van der Waals surface area contributed by atoms with Crippen LogP contribution in [0.2, 0.25) is 0 Å². The number of nitrogens with zero attached hydrogens (tertiary/aromatic N) is 2. The van der Waals surface area contributed by atoms with Crippen molar-refractivity contribution in [2.24, 2.45) is 0 Å². The fourth-order valence-corrected chi connectivity index (χ4v) is 3.36. The molecular formula is C22H30ClN3O3. The number of hydrogen-bond donors (Lipinski definition) is 1. The summed E-state index contributed by atoms with van der Waals surface area (Å²) in [5.41, 5.74) is 3.86. The van der Waals surface area contributed by atoms with Crippen molar-refractivity contribution in [1.82, 2.24) is 10.2 Å². The maximum Gasteiger partial charge on any atom is 0.320 e. The number of amides is 2. The Labute approximate surface area is 179 Å². The Balaban J connectivity index is 0.00000300. The molecule has 2 aromatic carbocycles. The lowest BCUT2D eigenvalue weighted by Crippen LogP contribution is -2.52. The summed E-state index contributed by atoms with van der Waals surface area (Å²) in [6.45, 7) is 9.92. The molecule has 2 amide bonds. The highest BCUT2D eigenvalue weighted by Crippen LogP contribution is 2.26. The van der Waals surface area contributed by atoms with Crippen LogP contribution in [0, 0.1) is 13.8 Å². The van der Waals surface area contributed by atoms with E-state index in [0.717, 1.165) is 13.1 Å². The summed E-state index contributed by atoms with van der Waals surface area (Å²) in [5.74, 6) is 1.31. The van der Waals surface area contributed by atoms with Crippen LogP contribution in [0.1, 0.15) is 18.1 Å². The third kappa shape index (κ3) is 5.70. The lowest BCUT2D eigenvalue weighted by Gasteiger charge is -2.37. The molecule has 6 nitrogen and oxygen atoms in total. The molecule has 1 saturated heterocycles. The fourth-order valence-electron chi connectivity index (χ4n) is 3.36. The summed E-state index contributed by atoms with van der Waals surface area (Å²) >= 11 is 0. The Bertz CT molecular complexity index is 808. The van der Waals surface area contributed by atoms with E-state index in [-0.39, 0.29) is 25.2 Å². The van der Waals surface area contributed by atoms with E-state index >= 15 is 0 Å². The number of ether oxygens (including phenoxy) is 2. The van der Waals surface area contributed by atoms with E-state index in [0.29, 0.717) is 31.2 Å². The number of aryl methyl sites for hydroxylation is 1. The van der Waals surface area contributed by atoms with Crippen LogP contribution in [0.15, 0.2) is 42.5 Å². The van der Waals surface area contributed by atoms with E-state index in [4.69, 9.17) is 9.47 Å². The largest absolute Gasteiger partial charge is 0.490 e. The van der Waals surface area contributed by atoms with Crippen molar-refractivity contribution in [3.63, 3.8) is 0 Å². The molecular weight excluding hydrogens is 390 g/mol. The van der Waals surface area contributed by atoms with Gasteiger partial charge < -0.3 is 24.6 Å². The third-order valence-corrected chi connectivity index (χ3v) is 5.08. The molecule has 29 heavy (non-hydrogen) atoms. The highest BCUT2D eigenvalue weighted by molar-refractivity contribution is 5.85. The Morgan fingerprint density at radius 3 is 2.28 bits per heavy atom. The predicted octanol–water partition coefficient (Wildman–Crippen LogP) is 3.99. The average molecular weight is 420 g/mol. The number of halogens is 1. The highest BCUT2D eigenvalue weighted by Gasteiger charge is 2.22. The first kappa shape index (κ1) is 22.7. The van der Waals surface area contributed by atoms with Gasteiger partial charge in [-0.1, -0.05) is 24.3 Å².